The van der Waals surface area contributed by atoms with Crippen LogP contribution in [0.1, 0.15) is 33.5 Å². The van der Waals surface area contributed by atoms with Gasteiger partial charge in [0, 0.05) is 0 Å². The van der Waals surface area contributed by atoms with Gasteiger partial charge in [-0.15, -0.1) is 11.3 Å². The van der Waals surface area contributed by atoms with Crippen LogP contribution in [0.5, 0.6) is 0 Å². The zero-order chi connectivity index (χ0) is 18.8. The Balaban J connectivity index is 2.00. The second kappa shape index (κ2) is 7.61. The Kier molecular flexibility index (Phi) is 5.46. The average molecular weight is 409 g/mol. The predicted molar refractivity (Wildman–Crippen MR) is 106 cm³/mol. The van der Waals surface area contributed by atoms with E-state index in [1.165, 1.54) is 0 Å². The molecule has 0 fully saturated rings. The number of thiophene rings is 1. The maximum atomic E-state index is 12.4. The first-order valence-corrected chi connectivity index (χ1v) is 9.31. The number of aryl methyl sites for hydroxylation is 1. The molecule has 2 aromatic heterocycles. The molecule has 1 aromatic carbocycles. The van der Waals surface area contributed by atoms with Gasteiger partial charge in [-0.3, -0.25) is 4.79 Å². The first kappa shape index (κ1) is 18.6. The number of nitrogens with zero attached hydrogens (tertiary/aromatic N) is 1. The highest BCUT2D eigenvalue weighted by Gasteiger charge is 2.19. The summed E-state index contributed by atoms with van der Waals surface area (Å²) < 4.78 is 5.03. The number of aromatic nitrogens is 2. The third-order valence-corrected chi connectivity index (χ3v) is 5.56. The van der Waals surface area contributed by atoms with Gasteiger partial charge in [-0.2, -0.15) is 0 Å². The molecule has 0 radical (unpaired) electrons. The van der Waals surface area contributed by atoms with E-state index < -0.39 is 5.97 Å². The Morgan fingerprint density at radius 3 is 2.77 bits per heavy atom. The molecule has 0 saturated heterocycles. The topological polar surface area (TPSA) is 72.0 Å². The van der Waals surface area contributed by atoms with Crippen LogP contribution in [0.25, 0.3) is 22.4 Å². The number of esters is 1. The van der Waals surface area contributed by atoms with Gasteiger partial charge in [0.2, 0.25) is 0 Å². The molecule has 8 heteroatoms. The minimum absolute atomic E-state index is 0.272. The first-order chi connectivity index (χ1) is 12.4. The summed E-state index contributed by atoms with van der Waals surface area (Å²) in [4.78, 5) is 32.4. The number of benzene rings is 1. The summed E-state index contributed by atoms with van der Waals surface area (Å²) in [7, 11) is 0. The highest BCUT2D eigenvalue weighted by molar-refractivity contribution is 7.20. The maximum absolute atomic E-state index is 12.4. The van der Waals surface area contributed by atoms with Crippen molar-refractivity contribution in [3.8, 4) is 0 Å². The number of H-pyrrole nitrogens is 1. The summed E-state index contributed by atoms with van der Waals surface area (Å²) in [6, 6.07) is 5.21. The van der Waals surface area contributed by atoms with Crippen molar-refractivity contribution < 1.29 is 9.53 Å². The number of ether oxygens (including phenoxy) is 1. The van der Waals surface area contributed by atoms with Crippen LogP contribution in [-0.4, -0.2) is 22.5 Å². The predicted octanol–water partition coefficient (Wildman–Crippen LogP) is 4.95. The van der Waals surface area contributed by atoms with Gasteiger partial charge in [-0.1, -0.05) is 35.3 Å². The van der Waals surface area contributed by atoms with E-state index in [0.29, 0.717) is 36.5 Å². The summed E-state index contributed by atoms with van der Waals surface area (Å²) in [6.07, 6.45) is 3.43. The van der Waals surface area contributed by atoms with Crippen molar-refractivity contribution >= 4 is 62.9 Å². The van der Waals surface area contributed by atoms with E-state index >= 15 is 0 Å². The van der Waals surface area contributed by atoms with E-state index in [0.717, 1.165) is 16.9 Å². The normalized spacial score (nSPS) is 11.4. The van der Waals surface area contributed by atoms with Crippen LogP contribution in [0.3, 0.4) is 0 Å². The zero-order valence-corrected chi connectivity index (χ0v) is 16.3. The Morgan fingerprint density at radius 2 is 2.08 bits per heavy atom. The summed E-state index contributed by atoms with van der Waals surface area (Å²) in [5, 5.41) is 1.32. The molecule has 2 heterocycles. The molecule has 0 aliphatic carbocycles. The number of carbonyl (C=O) groups is 1. The molecule has 0 unspecified atom stereocenters. The molecule has 0 saturated carbocycles. The van der Waals surface area contributed by atoms with Crippen molar-refractivity contribution in [2.24, 2.45) is 0 Å². The standard InChI is InChI=1S/C18H14Cl2N2O3S/c1-3-25-18(24)15-9(2)14-16(23)21-13(22-17(14)26-15)7-5-10-4-6-11(19)12(20)8-10/h4-8H,3H2,1-2H3,(H,21,22,23)/b7-5+. The van der Waals surface area contributed by atoms with Crippen molar-refractivity contribution in [2.45, 2.75) is 13.8 Å². The number of rotatable bonds is 4. The van der Waals surface area contributed by atoms with Gasteiger partial charge in [-0.25, -0.2) is 9.78 Å². The molecule has 3 rings (SSSR count). The Hall–Kier alpha value is -2.15. The van der Waals surface area contributed by atoms with Crippen molar-refractivity contribution in [3.05, 3.63) is 60.4 Å². The lowest BCUT2D eigenvalue weighted by Gasteiger charge is -1.99. The minimum atomic E-state index is -0.444. The fourth-order valence-electron chi connectivity index (χ4n) is 2.42. The number of aromatic amines is 1. The van der Waals surface area contributed by atoms with E-state index in [1.807, 2.05) is 0 Å². The first-order valence-electron chi connectivity index (χ1n) is 7.74. The Bertz CT molecular complexity index is 1090. The smallest absolute Gasteiger partial charge is 0.348 e. The second-order valence-electron chi connectivity index (χ2n) is 5.41. The summed E-state index contributed by atoms with van der Waals surface area (Å²) >= 11 is 13.0. The van der Waals surface area contributed by atoms with Crippen molar-refractivity contribution in [1.82, 2.24) is 9.97 Å². The highest BCUT2D eigenvalue weighted by atomic mass is 35.5. The summed E-state index contributed by atoms with van der Waals surface area (Å²) in [5.41, 5.74) is 1.10. The van der Waals surface area contributed by atoms with Gasteiger partial charge >= 0.3 is 5.97 Å². The van der Waals surface area contributed by atoms with Crippen LogP contribution in [0, 0.1) is 6.92 Å². The fourth-order valence-corrected chi connectivity index (χ4v) is 3.81. The molecule has 1 N–H and O–H groups in total. The number of carbonyl (C=O) groups excluding carboxylic acids is 1. The van der Waals surface area contributed by atoms with Crippen molar-refractivity contribution in [2.75, 3.05) is 6.61 Å². The fraction of sp³-hybridized carbons (Fsp3) is 0.167. The Morgan fingerprint density at radius 1 is 1.31 bits per heavy atom. The van der Waals surface area contributed by atoms with Gasteiger partial charge in [0.05, 0.1) is 22.0 Å². The summed E-state index contributed by atoms with van der Waals surface area (Å²) in [5.74, 6) is -0.0643. The number of hydrogen-bond donors (Lipinski definition) is 1. The monoisotopic (exact) mass is 408 g/mol. The highest BCUT2D eigenvalue weighted by Crippen LogP contribution is 2.28. The van der Waals surface area contributed by atoms with Crippen LogP contribution in [0.4, 0.5) is 0 Å². The molecule has 0 amide bonds. The van der Waals surface area contributed by atoms with Gasteiger partial charge in [-0.05, 0) is 43.2 Å². The third kappa shape index (κ3) is 3.67. The molecule has 0 aliphatic heterocycles. The molecule has 3 aromatic rings. The van der Waals surface area contributed by atoms with E-state index in [9.17, 15) is 9.59 Å². The van der Waals surface area contributed by atoms with Crippen LogP contribution < -0.4 is 5.56 Å². The molecule has 0 aliphatic rings. The van der Waals surface area contributed by atoms with Crippen LogP contribution in [0.2, 0.25) is 10.0 Å². The lowest BCUT2D eigenvalue weighted by molar-refractivity contribution is 0.0531. The SMILES string of the molecule is CCOC(=O)c1sc2nc(/C=C/c3ccc(Cl)c(Cl)c3)[nH]c(=O)c2c1C. The van der Waals surface area contributed by atoms with Crippen LogP contribution in [-0.2, 0) is 4.74 Å². The second-order valence-corrected chi connectivity index (χ2v) is 7.23. The largest absolute Gasteiger partial charge is 0.462 e. The van der Waals surface area contributed by atoms with E-state index in [4.69, 9.17) is 27.9 Å². The number of halogens is 2. The van der Waals surface area contributed by atoms with Crippen molar-refractivity contribution in [1.29, 1.82) is 0 Å². The number of hydrogen-bond acceptors (Lipinski definition) is 5. The molecular weight excluding hydrogens is 395 g/mol. The molecule has 0 spiro atoms. The minimum Gasteiger partial charge on any atom is -0.462 e. The maximum Gasteiger partial charge on any atom is 0.348 e. The van der Waals surface area contributed by atoms with Gasteiger partial charge in [0.1, 0.15) is 15.5 Å². The van der Waals surface area contributed by atoms with Gasteiger partial charge < -0.3 is 9.72 Å². The third-order valence-electron chi connectivity index (χ3n) is 3.66. The van der Waals surface area contributed by atoms with E-state index in [2.05, 4.69) is 9.97 Å². The Labute approximate surface area is 163 Å². The lowest BCUT2D eigenvalue weighted by atomic mass is 10.2. The van der Waals surface area contributed by atoms with Crippen molar-refractivity contribution in [3.63, 3.8) is 0 Å². The molecular formula is C18H14Cl2N2O3S. The zero-order valence-electron chi connectivity index (χ0n) is 13.9. The van der Waals surface area contributed by atoms with Gasteiger partial charge in [0.15, 0.2) is 0 Å². The van der Waals surface area contributed by atoms with Crippen LogP contribution >= 0.6 is 34.5 Å². The molecule has 0 bridgehead atoms. The molecule has 0 atom stereocenters. The van der Waals surface area contributed by atoms with E-state index in [-0.39, 0.29) is 12.2 Å². The molecule has 5 nitrogen and oxygen atoms in total. The number of nitrogens with one attached hydrogen (secondary N) is 1. The molecule has 26 heavy (non-hydrogen) atoms. The molecule has 134 valence electrons. The van der Waals surface area contributed by atoms with Gasteiger partial charge in [0.25, 0.3) is 5.56 Å². The van der Waals surface area contributed by atoms with Crippen LogP contribution in [0.15, 0.2) is 23.0 Å². The summed E-state index contributed by atoms with van der Waals surface area (Å²) in [6.45, 7) is 3.72. The van der Waals surface area contributed by atoms with E-state index in [1.54, 1.807) is 44.2 Å². The quantitative estimate of drug-likeness (QED) is 0.619. The number of fused-ring (bicyclic) bond motifs is 1. The average Bonchev–Trinajstić information content (AvgIpc) is 2.93. The lowest BCUT2D eigenvalue weighted by Crippen LogP contribution is -2.10.